The normalized spacial score (nSPS) is 21.9. The molecule has 3 nitrogen and oxygen atoms in total. The first-order chi connectivity index (χ1) is 8.31. The van der Waals surface area contributed by atoms with Gasteiger partial charge in [0.15, 0.2) is 0 Å². The van der Waals surface area contributed by atoms with Crippen LogP contribution in [0, 0.1) is 11.3 Å². The second kappa shape index (κ2) is 5.70. The van der Waals surface area contributed by atoms with E-state index in [-0.39, 0.29) is 0 Å². The molecule has 1 aromatic carbocycles. The maximum Gasteiger partial charge on any atom is 0.0638 e. The Morgan fingerprint density at radius 1 is 1.29 bits per heavy atom. The first-order valence-corrected chi connectivity index (χ1v) is 6.18. The molecule has 0 bridgehead atoms. The van der Waals surface area contributed by atoms with Crippen molar-refractivity contribution in [3.63, 3.8) is 0 Å². The van der Waals surface area contributed by atoms with Gasteiger partial charge >= 0.3 is 0 Å². The van der Waals surface area contributed by atoms with Crippen molar-refractivity contribution < 1.29 is 0 Å². The number of hydrogen-bond donors (Lipinski definition) is 0. The van der Waals surface area contributed by atoms with Crippen LogP contribution >= 0.6 is 0 Å². The molecule has 1 aliphatic heterocycles. The van der Waals surface area contributed by atoms with Gasteiger partial charge in [-0.15, -0.1) is 0 Å². The molecule has 1 saturated heterocycles. The molecule has 0 spiro atoms. The molecule has 0 N–H and O–H groups in total. The minimum absolute atomic E-state index is 0.350. The van der Waals surface area contributed by atoms with Crippen molar-refractivity contribution >= 4 is 5.69 Å². The van der Waals surface area contributed by atoms with Crippen molar-refractivity contribution in [2.24, 2.45) is 0 Å². The van der Waals surface area contributed by atoms with Crippen molar-refractivity contribution in [1.82, 2.24) is 4.90 Å². The number of rotatable bonds is 2. The molecule has 2 rings (SSSR count). The van der Waals surface area contributed by atoms with Crippen LogP contribution in [0.5, 0.6) is 0 Å². The first-order valence-electron chi connectivity index (χ1n) is 6.18. The lowest BCUT2D eigenvalue weighted by atomic mass is 10.2. The van der Waals surface area contributed by atoms with Gasteiger partial charge in [0.2, 0.25) is 0 Å². The summed E-state index contributed by atoms with van der Waals surface area (Å²) in [6.07, 6.45) is 1.77. The number of nitrogens with zero attached hydrogens (tertiary/aromatic N) is 3. The lowest BCUT2D eigenvalue weighted by Crippen LogP contribution is -2.38. The molecule has 1 aromatic rings. The van der Waals surface area contributed by atoms with Crippen LogP contribution in [0.25, 0.3) is 0 Å². The molecule has 90 valence electrons. The number of hydrogen-bond acceptors (Lipinski definition) is 3. The van der Waals surface area contributed by atoms with Gasteiger partial charge in [-0.3, -0.25) is 0 Å². The highest BCUT2D eigenvalue weighted by atomic mass is 15.2. The number of anilines is 1. The van der Waals surface area contributed by atoms with Gasteiger partial charge in [-0.25, -0.2) is 0 Å². The monoisotopic (exact) mass is 229 g/mol. The Bertz CT molecular complexity index is 382. The van der Waals surface area contributed by atoms with Crippen molar-refractivity contribution in [2.45, 2.75) is 18.9 Å². The largest absolute Gasteiger partial charge is 0.370 e. The van der Waals surface area contributed by atoms with Gasteiger partial charge in [-0.2, -0.15) is 5.26 Å². The van der Waals surface area contributed by atoms with Crippen LogP contribution in [0.3, 0.4) is 0 Å². The third-order valence-electron chi connectivity index (χ3n) is 3.44. The average molecular weight is 229 g/mol. The van der Waals surface area contributed by atoms with E-state index in [4.69, 9.17) is 5.26 Å². The molecular formula is C14H19N3. The van der Waals surface area contributed by atoms with Gasteiger partial charge in [0.1, 0.15) is 0 Å². The van der Waals surface area contributed by atoms with Crippen molar-refractivity contribution in [3.8, 4) is 6.07 Å². The fraction of sp³-hybridized carbons (Fsp3) is 0.500. The van der Waals surface area contributed by atoms with E-state index in [0.717, 1.165) is 26.1 Å². The number of nitriles is 1. The Morgan fingerprint density at radius 3 is 2.76 bits per heavy atom. The minimum atomic E-state index is 0.350. The maximum absolute atomic E-state index is 8.89. The molecule has 3 heteroatoms. The smallest absolute Gasteiger partial charge is 0.0638 e. The molecule has 0 aromatic heterocycles. The van der Waals surface area contributed by atoms with Gasteiger partial charge in [0.05, 0.1) is 12.5 Å². The molecule has 1 aliphatic rings. The van der Waals surface area contributed by atoms with E-state index in [1.165, 1.54) is 5.69 Å². The van der Waals surface area contributed by atoms with E-state index < -0.39 is 0 Å². The predicted molar refractivity (Wildman–Crippen MR) is 69.9 cm³/mol. The Labute approximate surface area is 103 Å². The zero-order valence-corrected chi connectivity index (χ0v) is 10.3. The quantitative estimate of drug-likeness (QED) is 0.778. The second-order valence-corrected chi connectivity index (χ2v) is 4.63. The number of para-hydroxylation sites is 1. The minimum Gasteiger partial charge on any atom is -0.370 e. The van der Waals surface area contributed by atoms with E-state index in [2.05, 4.69) is 47.2 Å². The Balaban J connectivity index is 2.11. The van der Waals surface area contributed by atoms with Crippen LogP contribution in [-0.2, 0) is 0 Å². The van der Waals surface area contributed by atoms with Gasteiger partial charge < -0.3 is 9.80 Å². The maximum atomic E-state index is 8.89. The second-order valence-electron chi connectivity index (χ2n) is 4.63. The molecule has 0 aliphatic carbocycles. The number of benzene rings is 1. The van der Waals surface area contributed by atoms with E-state index in [1.807, 2.05) is 6.07 Å². The van der Waals surface area contributed by atoms with Gasteiger partial charge in [0.25, 0.3) is 0 Å². The third kappa shape index (κ3) is 2.98. The van der Waals surface area contributed by atoms with Crippen LogP contribution in [-0.4, -0.2) is 37.6 Å². The Hall–Kier alpha value is -1.53. The SMILES string of the molecule is CN1CCCN(c2ccccc2)CC1CC#N. The molecule has 1 heterocycles. The molecule has 1 atom stereocenters. The highest BCUT2D eigenvalue weighted by Gasteiger charge is 2.21. The Morgan fingerprint density at radius 2 is 2.06 bits per heavy atom. The zero-order valence-electron chi connectivity index (χ0n) is 10.3. The molecule has 1 fully saturated rings. The molecule has 0 radical (unpaired) electrons. The van der Waals surface area contributed by atoms with Gasteiger partial charge in [0, 0.05) is 24.8 Å². The van der Waals surface area contributed by atoms with E-state index >= 15 is 0 Å². The third-order valence-corrected chi connectivity index (χ3v) is 3.44. The summed E-state index contributed by atoms with van der Waals surface area (Å²) >= 11 is 0. The van der Waals surface area contributed by atoms with Crippen molar-refractivity contribution in [1.29, 1.82) is 5.26 Å². The lowest BCUT2D eigenvalue weighted by Gasteiger charge is -2.28. The zero-order chi connectivity index (χ0) is 12.1. The van der Waals surface area contributed by atoms with Crippen LogP contribution < -0.4 is 4.90 Å². The van der Waals surface area contributed by atoms with E-state index in [9.17, 15) is 0 Å². The Kier molecular flexibility index (Phi) is 4.00. The summed E-state index contributed by atoms with van der Waals surface area (Å²) in [5, 5.41) is 8.89. The summed E-state index contributed by atoms with van der Waals surface area (Å²) in [4.78, 5) is 4.71. The summed E-state index contributed by atoms with van der Waals surface area (Å²) in [5.74, 6) is 0. The summed E-state index contributed by atoms with van der Waals surface area (Å²) in [5.41, 5.74) is 1.27. The summed E-state index contributed by atoms with van der Waals surface area (Å²) < 4.78 is 0. The summed E-state index contributed by atoms with van der Waals surface area (Å²) in [7, 11) is 2.12. The molecule has 1 unspecified atom stereocenters. The summed E-state index contributed by atoms with van der Waals surface area (Å²) in [6.45, 7) is 3.11. The highest BCUT2D eigenvalue weighted by molar-refractivity contribution is 5.46. The fourth-order valence-corrected chi connectivity index (χ4v) is 2.38. The molecular weight excluding hydrogens is 210 g/mol. The standard InChI is InChI=1S/C14H19N3/c1-16-10-5-11-17(12-14(16)8-9-15)13-6-3-2-4-7-13/h2-4,6-7,14H,5,8,10-12H2,1H3. The van der Waals surface area contributed by atoms with Crippen LogP contribution in [0.1, 0.15) is 12.8 Å². The predicted octanol–water partition coefficient (Wildman–Crippen LogP) is 2.11. The molecule has 17 heavy (non-hydrogen) atoms. The van der Waals surface area contributed by atoms with Crippen LogP contribution in [0.15, 0.2) is 30.3 Å². The topological polar surface area (TPSA) is 30.3 Å². The summed E-state index contributed by atoms with van der Waals surface area (Å²) in [6, 6.07) is 13.1. The van der Waals surface area contributed by atoms with Crippen LogP contribution in [0.2, 0.25) is 0 Å². The average Bonchev–Trinajstić information content (AvgIpc) is 2.54. The van der Waals surface area contributed by atoms with Crippen molar-refractivity contribution in [2.75, 3.05) is 31.6 Å². The van der Waals surface area contributed by atoms with Gasteiger partial charge in [-0.1, -0.05) is 18.2 Å². The van der Waals surface area contributed by atoms with Gasteiger partial charge in [-0.05, 0) is 32.1 Å². The van der Waals surface area contributed by atoms with Crippen molar-refractivity contribution in [3.05, 3.63) is 30.3 Å². The molecule has 0 amide bonds. The van der Waals surface area contributed by atoms with Crippen LogP contribution in [0.4, 0.5) is 5.69 Å². The van der Waals surface area contributed by atoms with E-state index in [0.29, 0.717) is 12.5 Å². The fourth-order valence-electron chi connectivity index (χ4n) is 2.38. The highest BCUT2D eigenvalue weighted by Crippen LogP contribution is 2.18. The number of likely N-dealkylation sites (N-methyl/N-ethyl adjacent to an activating group) is 1. The first kappa shape index (κ1) is 11.9. The van der Waals surface area contributed by atoms with E-state index in [1.54, 1.807) is 0 Å². The lowest BCUT2D eigenvalue weighted by molar-refractivity contribution is 0.264. The molecule has 0 saturated carbocycles.